The highest BCUT2D eigenvalue weighted by molar-refractivity contribution is 6.32. The van der Waals surface area contributed by atoms with Crippen LogP contribution in [0.3, 0.4) is 0 Å². The summed E-state index contributed by atoms with van der Waals surface area (Å²) >= 11 is 11.7. The van der Waals surface area contributed by atoms with E-state index in [4.69, 9.17) is 27.9 Å². The molecule has 0 saturated carbocycles. The molecule has 19 heavy (non-hydrogen) atoms. The first-order valence-electron chi connectivity index (χ1n) is 5.58. The standard InChI is InChI=1S/C14H11Cl2FO2/c1-8(18)9-5-6-12(11(16)7-9)19-13-4-2-3-10(15)14(13)17/h2-8,18H,1H3/t8-/m0/s1. The van der Waals surface area contributed by atoms with Crippen LogP contribution in [0.1, 0.15) is 18.6 Å². The highest BCUT2D eigenvalue weighted by Gasteiger charge is 2.11. The van der Waals surface area contributed by atoms with Crippen LogP contribution in [0.5, 0.6) is 11.5 Å². The minimum atomic E-state index is -0.639. The van der Waals surface area contributed by atoms with Crippen LogP contribution < -0.4 is 4.74 Å². The lowest BCUT2D eigenvalue weighted by Gasteiger charge is -2.11. The second-order valence-electron chi connectivity index (χ2n) is 4.02. The fraction of sp³-hybridized carbons (Fsp3) is 0.143. The molecule has 5 heteroatoms. The van der Waals surface area contributed by atoms with E-state index in [1.165, 1.54) is 12.1 Å². The molecule has 0 aliphatic heterocycles. The molecule has 2 nitrogen and oxygen atoms in total. The van der Waals surface area contributed by atoms with E-state index in [0.29, 0.717) is 11.3 Å². The van der Waals surface area contributed by atoms with Crippen molar-refractivity contribution in [2.24, 2.45) is 0 Å². The molecule has 0 aliphatic rings. The van der Waals surface area contributed by atoms with Crippen molar-refractivity contribution in [2.45, 2.75) is 13.0 Å². The summed E-state index contributed by atoms with van der Waals surface area (Å²) in [6.07, 6.45) is -0.630. The van der Waals surface area contributed by atoms with Gasteiger partial charge in [0.15, 0.2) is 11.6 Å². The zero-order valence-corrected chi connectivity index (χ0v) is 11.5. The Labute approximate surface area is 120 Å². The van der Waals surface area contributed by atoms with Gasteiger partial charge in [-0.05, 0) is 36.8 Å². The predicted octanol–water partition coefficient (Wildman–Crippen LogP) is 4.98. The van der Waals surface area contributed by atoms with Crippen LogP contribution in [0, 0.1) is 5.82 Å². The zero-order chi connectivity index (χ0) is 14.0. The van der Waals surface area contributed by atoms with E-state index in [9.17, 15) is 9.50 Å². The van der Waals surface area contributed by atoms with Gasteiger partial charge >= 0.3 is 0 Å². The van der Waals surface area contributed by atoms with E-state index in [1.54, 1.807) is 31.2 Å². The van der Waals surface area contributed by atoms with Crippen molar-refractivity contribution in [3.05, 3.63) is 57.8 Å². The van der Waals surface area contributed by atoms with Crippen LogP contribution in [0.25, 0.3) is 0 Å². The summed E-state index contributed by atoms with van der Waals surface area (Å²) in [5.74, 6) is -0.341. The molecule has 0 heterocycles. The molecule has 0 fully saturated rings. The summed E-state index contributed by atoms with van der Waals surface area (Å²) in [7, 11) is 0. The van der Waals surface area contributed by atoms with Crippen molar-refractivity contribution < 1.29 is 14.2 Å². The normalized spacial score (nSPS) is 12.3. The van der Waals surface area contributed by atoms with Gasteiger partial charge in [0.25, 0.3) is 0 Å². The second kappa shape index (κ2) is 5.78. The smallest absolute Gasteiger partial charge is 0.184 e. The highest BCUT2D eigenvalue weighted by Crippen LogP contribution is 2.34. The first-order valence-corrected chi connectivity index (χ1v) is 6.34. The molecule has 2 aromatic carbocycles. The number of ether oxygens (including phenoxy) is 1. The molecule has 0 aromatic heterocycles. The lowest BCUT2D eigenvalue weighted by Crippen LogP contribution is -1.93. The van der Waals surface area contributed by atoms with Gasteiger partial charge in [0, 0.05) is 0 Å². The Bertz CT molecular complexity index is 600. The topological polar surface area (TPSA) is 29.5 Å². The molecule has 0 radical (unpaired) electrons. The van der Waals surface area contributed by atoms with E-state index in [0.717, 1.165) is 0 Å². The maximum Gasteiger partial charge on any atom is 0.184 e. The summed E-state index contributed by atoms with van der Waals surface area (Å²) in [5.41, 5.74) is 0.656. The van der Waals surface area contributed by atoms with E-state index in [2.05, 4.69) is 0 Å². The van der Waals surface area contributed by atoms with Crippen molar-refractivity contribution in [2.75, 3.05) is 0 Å². The number of rotatable bonds is 3. The average molecular weight is 301 g/mol. The first-order chi connectivity index (χ1) is 8.99. The van der Waals surface area contributed by atoms with E-state index in [1.807, 2.05) is 0 Å². The predicted molar refractivity (Wildman–Crippen MR) is 73.6 cm³/mol. The minimum absolute atomic E-state index is 0.000744. The van der Waals surface area contributed by atoms with Gasteiger partial charge in [-0.3, -0.25) is 0 Å². The summed E-state index contributed by atoms with van der Waals surface area (Å²) in [6.45, 7) is 1.63. The van der Waals surface area contributed by atoms with Gasteiger partial charge in [-0.2, -0.15) is 0 Å². The fourth-order valence-electron chi connectivity index (χ4n) is 1.54. The molecule has 0 bridgehead atoms. The molecule has 1 atom stereocenters. The van der Waals surface area contributed by atoms with Gasteiger partial charge < -0.3 is 9.84 Å². The number of hydrogen-bond acceptors (Lipinski definition) is 2. The summed E-state index contributed by atoms with van der Waals surface area (Å²) in [4.78, 5) is 0. The highest BCUT2D eigenvalue weighted by atomic mass is 35.5. The molecule has 0 amide bonds. The number of halogens is 3. The molecule has 100 valence electrons. The lowest BCUT2D eigenvalue weighted by atomic mass is 10.1. The van der Waals surface area contributed by atoms with Gasteiger partial charge in [0.2, 0.25) is 0 Å². The Hall–Kier alpha value is -1.29. The SMILES string of the molecule is C[C@H](O)c1ccc(Oc2cccc(Cl)c2F)c(Cl)c1. The Morgan fingerprint density at radius 2 is 1.84 bits per heavy atom. The molecule has 2 rings (SSSR count). The first kappa shape index (κ1) is 14.1. The van der Waals surface area contributed by atoms with Gasteiger partial charge in [0.1, 0.15) is 5.75 Å². The number of hydrogen-bond donors (Lipinski definition) is 1. The monoisotopic (exact) mass is 300 g/mol. The van der Waals surface area contributed by atoms with Crippen LogP contribution in [0.4, 0.5) is 4.39 Å². The van der Waals surface area contributed by atoms with Crippen molar-refractivity contribution in [1.82, 2.24) is 0 Å². The minimum Gasteiger partial charge on any atom is -0.453 e. The lowest BCUT2D eigenvalue weighted by molar-refractivity contribution is 0.199. The molecular formula is C14H11Cl2FO2. The van der Waals surface area contributed by atoms with Crippen molar-refractivity contribution in [1.29, 1.82) is 0 Å². The van der Waals surface area contributed by atoms with Gasteiger partial charge in [-0.25, -0.2) is 4.39 Å². The maximum absolute atomic E-state index is 13.7. The van der Waals surface area contributed by atoms with Crippen molar-refractivity contribution in [3.8, 4) is 11.5 Å². The van der Waals surface area contributed by atoms with E-state index in [-0.39, 0.29) is 15.8 Å². The largest absolute Gasteiger partial charge is 0.453 e. The number of aliphatic hydroxyl groups excluding tert-OH is 1. The molecule has 0 unspecified atom stereocenters. The molecule has 0 saturated heterocycles. The average Bonchev–Trinajstić information content (AvgIpc) is 2.37. The van der Waals surface area contributed by atoms with Gasteiger partial charge in [-0.1, -0.05) is 35.3 Å². The second-order valence-corrected chi connectivity index (χ2v) is 4.83. The van der Waals surface area contributed by atoms with Crippen LogP contribution in [0.15, 0.2) is 36.4 Å². The molecule has 0 aliphatic carbocycles. The Morgan fingerprint density at radius 1 is 1.11 bits per heavy atom. The fourth-order valence-corrected chi connectivity index (χ4v) is 1.93. The van der Waals surface area contributed by atoms with Gasteiger partial charge in [0.05, 0.1) is 16.1 Å². The quantitative estimate of drug-likeness (QED) is 0.866. The molecule has 2 aromatic rings. The van der Waals surface area contributed by atoms with Crippen molar-refractivity contribution in [3.63, 3.8) is 0 Å². The zero-order valence-electron chi connectivity index (χ0n) is 10.0. The number of benzene rings is 2. The summed E-state index contributed by atoms with van der Waals surface area (Å²) in [5, 5.41) is 9.70. The maximum atomic E-state index is 13.7. The van der Waals surface area contributed by atoms with E-state index >= 15 is 0 Å². The third-order valence-corrected chi connectivity index (χ3v) is 3.16. The van der Waals surface area contributed by atoms with Gasteiger partial charge in [-0.15, -0.1) is 0 Å². The van der Waals surface area contributed by atoms with Crippen LogP contribution in [0.2, 0.25) is 10.0 Å². The summed E-state index contributed by atoms with van der Waals surface area (Å²) in [6, 6.07) is 9.28. The Balaban J connectivity index is 2.31. The van der Waals surface area contributed by atoms with Crippen LogP contribution in [-0.2, 0) is 0 Å². The Kier molecular flexibility index (Phi) is 4.30. The molecular weight excluding hydrogens is 290 g/mol. The van der Waals surface area contributed by atoms with E-state index < -0.39 is 11.9 Å². The third-order valence-electron chi connectivity index (χ3n) is 2.57. The van der Waals surface area contributed by atoms with Crippen LogP contribution in [-0.4, -0.2) is 5.11 Å². The van der Waals surface area contributed by atoms with Crippen molar-refractivity contribution >= 4 is 23.2 Å². The third kappa shape index (κ3) is 3.18. The summed E-state index contributed by atoms with van der Waals surface area (Å²) < 4.78 is 19.1. The molecule has 0 spiro atoms. The van der Waals surface area contributed by atoms with Crippen LogP contribution >= 0.6 is 23.2 Å². The molecule has 1 N–H and O–H groups in total. The number of aliphatic hydroxyl groups is 1. The Morgan fingerprint density at radius 3 is 2.47 bits per heavy atom.